The smallest absolute Gasteiger partial charge is 0.165 e. The van der Waals surface area contributed by atoms with Crippen molar-refractivity contribution in [3.8, 4) is 16.9 Å². The summed E-state index contributed by atoms with van der Waals surface area (Å²) >= 11 is 0. The van der Waals surface area contributed by atoms with E-state index in [0.29, 0.717) is 18.7 Å². The van der Waals surface area contributed by atoms with Gasteiger partial charge in [-0.15, -0.1) is 0 Å². The molecule has 3 heteroatoms. The van der Waals surface area contributed by atoms with E-state index in [1.807, 2.05) is 37.3 Å². The molecule has 0 aliphatic carbocycles. The summed E-state index contributed by atoms with van der Waals surface area (Å²) in [6.07, 6.45) is 0.584. The molecule has 19 heavy (non-hydrogen) atoms. The number of halogens is 1. The molecule has 0 saturated heterocycles. The van der Waals surface area contributed by atoms with Crippen LogP contribution < -0.4 is 10.5 Å². The average molecular weight is 257 g/mol. The van der Waals surface area contributed by atoms with Crippen LogP contribution in [0.2, 0.25) is 0 Å². The molecule has 2 aromatic rings. The summed E-state index contributed by atoms with van der Waals surface area (Å²) in [5.41, 5.74) is 9.59. The molecule has 0 amide bonds. The molecule has 0 saturated carbocycles. The van der Waals surface area contributed by atoms with Crippen LogP contribution in [0, 0.1) is 12.7 Å². The Bertz CT molecular complexity index is 607. The van der Waals surface area contributed by atoms with Crippen molar-refractivity contribution in [2.24, 2.45) is 5.73 Å². The minimum atomic E-state index is -0.302. The largest absolute Gasteiger partial charge is 0.485 e. The molecule has 1 aliphatic rings. The van der Waals surface area contributed by atoms with Crippen molar-refractivity contribution in [1.29, 1.82) is 0 Å². The Labute approximate surface area is 112 Å². The lowest BCUT2D eigenvalue weighted by atomic mass is 10.00. The fourth-order valence-electron chi connectivity index (χ4n) is 2.43. The van der Waals surface area contributed by atoms with E-state index < -0.39 is 0 Å². The molecule has 2 nitrogen and oxygen atoms in total. The fourth-order valence-corrected chi connectivity index (χ4v) is 2.43. The van der Waals surface area contributed by atoms with E-state index in [4.69, 9.17) is 10.5 Å². The first-order valence-corrected chi connectivity index (χ1v) is 6.43. The van der Waals surface area contributed by atoms with E-state index in [0.717, 1.165) is 16.7 Å². The minimum absolute atomic E-state index is 0.0993. The Kier molecular flexibility index (Phi) is 2.99. The maximum Gasteiger partial charge on any atom is 0.165 e. The Balaban J connectivity index is 2.02. The lowest BCUT2D eigenvalue weighted by Crippen LogP contribution is -2.24. The summed E-state index contributed by atoms with van der Waals surface area (Å²) in [5, 5.41) is 0. The van der Waals surface area contributed by atoms with Crippen LogP contribution in [-0.2, 0) is 6.42 Å². The second kappa shape index (κ2) is 4.67. The van der Waals surface area contributed by atoms with Crippen LogP contribution in [0.15, 0.2) is 36.4 Å². The lowest BCUT2D eigenvalue weighted by Gasteiger charge is -2.08. The van der Waals surface area contributed by atoms with Gasteiger partial charge >= 0.3 is 0 Å². The number of hydrogen-bond donors (Lipinski definition) is 1. The number of nitrogens with two attached hydrogens (primary N) is 1. The molecule has 1 atom stereocenters. The normalized spacial score (nSPS) is 17.1. The molecule has 0 bridgehead atoms. The highest BCUT2D eigenvalue weighted by Crippen LogP contribution is 2.35. The van der Waals surface area contributed by atoms with Crippen LogP contribution >= 0.6 is 0 Å². The molecule has 1 aliphatic heterocycles. The zero-order valence-corrected chi connectivity index (χ0v) is 10.8. The Morgan fingerprint density at radius 2 is 1.95 bits per heavy atom. The second-order valence-electron chi connectivity index (χ2n) is 4.99. The monoisotopic (exact) mass is 257 g/mol. The van der Waals surface area contributed by atoms with Crippen molar-refractivity contribution in [3.05, 3.63) is 53.3 Å². The fraction of sp³-hybridized carbons (Fsp3) is 0.250. The molecule has 2 N–H and O–H groups in total. The molecule has 1 heterocycles. The standard InChI is InChI=1S/C16H16FNO/c1-10-2-4-11(5-3-10)12-6-13-7-14(9-18)19-16(13)15(17)8-12/h2-6,8,14H,7,9,18H2,1H3. The summed E-state index contributed by atoms with van der Waals surface area (Å²) in [5.74, 6) is 0.0651. The van der Waals surface area contributed by atoms with Crippen molar-refractivity contribution in [1.82, 2.24) is 0 Å². The third-order valence-corrected chi connectivity index (χ3v) is 3.50. The van der Waals surface area contributed by atoms with Crippen molar-refractivity contribution in [2.45, 2.75) is 19.4 Å². The number of fused-ring (bicyclic) bond motifs is 1. The van der Waals surface area contributed by atoms with Crippen LogP contribution in [0.5, 0.6) is 5.75 Å². The van der Waals surface area contributed by atoms with Crippen molar-refractivity contribution >= 4 is 0 Å². The van der Waals surface area contributed by atoms with E-state index in [9.17, 15) is 4.39 Å². The molecule has 0 fully saturated rings. The highest BCUT2D eigenvalue weighted by molar-refractivity contribution is 5.66. The average Bonchev–Trinajstić information content (AvgIpc) is 2.83. The first kappa shape index (κ1) is 12.2. The summed E-state index contributed by atoms with van der Waals surface area (Å²) in [7, 11) is 0. The SMILES string of the molecule is Cc1ccc(-c2cc(F)c3c(c2)CC(CN)O3)cc1. The molecular formula is C16H16FNO. The Hall–Kier alpha value is -1.87. The third-order valence-electron chi connectivity index (χ3n) is 3.50. The minimum Gasteiger partial charge on any atom is -0.485 e. The van der Waals surface area contributed by atoms with Crippen molar-refractivity contribution in [2.75, 3.05) is 6.54 Å². The van der Waals surface area contributed by atoms with Gasteiger partial charge in [0.1, 0.15) is 6.10 Å². The van der Waals surface area contributed by atoms with E-state index in [1.54, 1.807) is 0 Å². The molecule has 3 rings (SSSR count). The quantitative estimate of drug-likeness (QED) is 0.897. The maximum absolute atomic E-state index is 14.1. The Morgan fingerprint density at radius 3 is 2.63 bits per heavy atom. The summed E-state index contributed by atoms with van der Waals surface area (Å²) < 4.78 is 19.6. The number of rotatable bonds is 2. The predicted molar refractivity (Wildman–Crippen MR) is 73.7 cm³/mol. The lowest BCUT2D eigenvalue weighted by molar-refractivity contribution is 0.232. The van der Waals surface area contributed by atoms with E-state index in [-0.39, 0.29) is 11.9 Å². The van der Waals surface area contributed by atoms with Gasteiger partial charge in [0.15, 0.2) is 11.6 Å². The van der Waals surface area contributed by atoms with E-state index in [1.165, 1.54) is 11.6 Å². The highest BCUT2D eigenvalue weighted by atomic mass is 19.1. The van der Waals surface area contributed by atoms with Crippen LogP contribution in [-0.4, -0.2) is 12.6 Å². The number of aryl methyl sites for hydroxylation is 1. The van der Waals surface area contributed by atoms with Gasteiger partial charge in [-0.05, 0) is 30.2 Å². The molecule has 0 aromatic heterocycles. The highest BCUT2D eigenvalue weighted by Gasteiger charge is 2.25. The van der Waals surface area contributed by atoms with Crippen LogP contribution in [0.1, 0.15) is 11.1 Å². The predicted octanol–water partition coefficient (Wildman–Crippen LogP) is 3.06. The Morgan fingerprint density at radius 1 is 1.21 bits per heavy atom. The van der Waals surface area contributed by atoms with Gasteiger partial charge in [-0.1, -0.05) is 29.8 Å². The summed E-state index contributed by atoms with van der Waals surface area (Å²) in [6.45, 7) is 2.45. The topological polar surface area (TPSA) is 35.2 Å². The van der Waals surface area contributed by atoms with Gasteiger partial charge in [0.05, 0.1) is 0 Å². The van der Waals surface area contributed by atoms with Gasteiger partial charge in [0, 0.05) is 18.5 Å². The first-order valence-electron chi connectivity index (χ1n) is 6.43. The van der Waals surface area contributed by atoms with Gasteiger partial charge in [-0.2, -0.15) is 0 Å². The molecule has 0 radical (unpaired) electrons. The van der Waals surface area contributed by atoms with Crippen LogP contribution in [0.25, 0.3) is 11.1 Å². The van der Waals surface area contributed by atoms with Gasteiger partial charge < -0.3 is 10.5 Å². The van der Waals surface area contributed by atoms with Gasteiger partial charge in [-0.25, -0.2) is 4.39 Å². The molecule has 0 spiro atoms. The molecule has 2 aromatic carbocycles. The first-order chi connectivity index (χ1) is 9.17. The van der Waals surface area contributed by atoms with Crippen molar-refractivity contribution in [3.63, 3.8) is 0 Å². The van der Waals surface area contributed by atoms with Crippen LogP contribution in [0.4, 0.5) is 4.39 Å². The molecule has 1 unspecified atom stereocenters. The van der Waals surface area contributed by atoms with Gasteiger partial charge in [0.2, 0.25) is 0 Å². The zero-order valence-electron chi connectivity index (χ0n) is 10.8. The number of benzene rings is 2. The third kappa shape index (κ3) is 2.22. The zero-order chi connectivity index (χ0) is 13.4. The van der Waals surface area contributed by atoms with Crippen molar-refractivity contribution < 1.29 is 9.13 Å². The van der Waals surface area contributed by atoms with E-state index >= 15 is 0 Å². The number of hydrogen-bond acceptors (Lipinski definition) is 2. The summed E-state index contributed by atoms with van der Waals surface area (Å²) in [6, 6.07) is 11.6. The van der Waals surface area contributed by atoms with Gasteiger partial charge in [-0.3, -0.25) is 0 Å². The summed E-state index contributed by atoms with van der Waals surface area (Å²) in [4.78, 5) is 0. The molecular weight excluding hydrogens is 241 g/mol. The number of ether oxygens (including phenoxy) is 1. The second-order valence-corrected chi connectivity index (χ2v) is 4.99. The molecule has 98 valence electrons. The maximum atomic E-state index is 14.1. The van der Waals surface area contributed by atoms with Gasteiger partial charge in [0.25, 0.3) is 0 Å². The van der Waals surface area contributed by atoms with Crippen LogP contribution in [0.3, 0.4) is 0 Å². The van der Waals surface area contributed by atoms with E-state index in [2.05, 4.69) is 0 Å².